The predicted octanol–water partition coefficient (Wildman–Crippen LogP) is 3.47. The van der Waals surface area contributed by atoms with Crippen molar-refractivity contribution < 1.29 is 22.7 Å². The lowest BCUT2D eigenvalue weighted by molar-refractivity contribution is -0.274. The number of hydrogen-bond donors (Lipinski definition) is 0. The lowest BCUT2D eigenvalue weighted by atomic mass is 10.1. The summed E-state index contributed by atoms with van der Waals surface area (Å²) in [5.74, 6) is -0.549. The molecule has 0 amide bonds. The highest BCUT2D eigenvalue weighted by molar-refractivity contribution is 7.09. The minimum Gasteiger partial charge on any atom is -0.406 e. The van der Waals surface area contributed by atoms with Crippen LogP contribution in [0.2, 0.25) is 0 Å². The van der Waals surface area contributed by atoms with Crippen molar-refractivity contribution in [2.75, 3.05) is 0 Å². The fourth-order valence-corrected chi connectivity index (χ4v) is 2.04. The fourth-order valence-electron chi connectivity index (χ4n) is 1.42. The van der Waals surface area contributed by atoms with Gasteiger partial charge in [0.2, 0.25) is 0 Å². The normalized spacial score (nSPS) is 11.3. The summed E-state index contributed by atoms with van der Waals surface area (Å²) in [6, 6.07) is 4.83. The van der Waals surface area contributed by atoms with E-state index in [1.54, 1.807) is 11.6 Å². The average Bonchev–Trinajstić information content (AvgIpc) is 2.80. The molecule has 1 aromatic heterocycles. The van der Waals surface area contributed by atoms with Crippen molar-refractivity contribution >= 4 is 17.1 Å². The number of carbonyl (C=O) groups excluding carboxylic acids is 1. The molecule has 7 heteroatoms. The molecule has 0 fully saturated rings. The summed E-state index contributed by atoms with van der Waals surface area (Å²) in [6.07, 6.45) is -3.00. The minimum absolute atomic E-state index is 0.136. The van der Waals surface area contributed by atoms with Crippen LogP contribution in [0.25, 0.3) is 0 Å². The molecule has 3 nitrogen and oxygen atoms in total. The molecule has 2 rings (SSSR count). The maximum atomic E-state index is 12.0. The van der Waals surface area contributed by atoms with Crippen molar-refractivity contribution in [3.05, 3.63) is 46.4 Å². The summed E-state index contributed by atoms with van der Waals surface area (Å²) in [5, 5.41) is 2.42. The molecule has 0 aliphatic rings. The molecule has 0 saturated carbocycles. The zero-order valence-electron chi connectivity index (χ0n) is 9.48. The Hall–Kier alpha value is -1.89. The second-order valence-electron chi connectivity index (χ2n) is 3.60. The fraction of sp³-hybridized carbons (Fsp3) is 0.167. The lowest BCUT2D eigenvalue weighted by Gasteiger charge is -2.08. The van der Waals surface area contributed by atoms with Crippen LogP contribution >= 0.6 is 11.3 Å². The topological polar surface area (TPSA) is 39.2 Å². The molecule has 0 aliphatic heterocycles. The Morgan fingerprint density at radius 3 is 2.47 bits per heavy atom. The van der Waals surface area contributed by atoms with E-state index >= 15 is 0 Å². The second-order valence-corrected chi connectivity index (χ2v) is 4.58. The number of rotatable bonds is 4. The van der Waals surface area contributed by atoms with Gasteiger partial charge in [0.25, 0.3) is 0 Å². The maximum absolute atomic E-state index is 12.0. The molecule has 0 N–H and O–H groups in total. The number of halogens is 3. The minimum atomic E-state index is -4.73. The van der Waals surface area contributed by atoms with E-state index in [1.807, 2.05) is 0 Å². The van der Waals surface area contributed by atoms with E-state index in [4.69, 9.17) is 0 Å². The highest BCUT2D eigenvalue weighted by Crippen LogP contribution is 2.23. The highest BCUT2D eigenvalue weighted by Gasteiger charge is 2.31. The Kier molecular flexibility index (Phi) is 3.84. The van der Waals surface area contributed by atoms with Crippen LogP contribution < -0.4 is 4.74 Å². The van der Waals surface area contributed by atoms with Gasteiger partial charge in [-0.05, 0) is 24.3 Å². The molecule has 0 aliphatic carbocycles. The van der Waals surface area contributed by atoms with Gasteiger partial charge in [0, 0.05) is 17.1 Å². The summed E-state index contributed by atoms with van der Waals surface area (Å²) in [6.45, 7) is 0. The van der Waals surface area contributed by atoms with E-state index in [2.05, 4.69) is 9.72 Å². The first-order valence-corrected chi connectivity index (χ1v) is 6.09. The van der Waals surface area contributed by atoms with Gasteiger partial charge in [-0.2, -0.15) is 0 Å². The van der Waals surface area contributed by atoms with Gasteiger partial charge in [0.1, 0.15) is 10.8 Å². The van der Waals surface area contributed by atoms with Crippen molar-refractivity contribution in [3.8, 4) is 5.75 Å². The number of carbonyl (C=O) groups is 1. The van der Waals surface area contributed by atoms with Crippen molar-refractivity contribution in [2.45, 2.75) is 12.8 Å². The van der Waals surface area contributed by atoms with Crippen LogP contribution in [-0.2, 0) is 6.42 Å². The molecule has 1 aromatic carbocycles. The molecule has 2 aromatic rings. The third kappa shape index (κ3) is 4.06. The van der Waals surface area contributed by atoms with Gasteiger partial charge in [0.05, 0.1) is 6.42 Å². The third-order valence-corrected chi connectivity index (χ3v) is 2.98. The lowest BCUT2D eigenvalue weighted by Crippen LogP contribution is -2.17. The first-order valence-electron chi connectivity index (χ1n) is 5.21. The van der Waals surface area contributed by atoms with E-state index < -0.39 is 6.36 Å². The van der Waals surface area contributed by atoms with E-state index in [1.165, 1.54) is 23.5 Å². The first-order chi connectivity index (χ1) is 8.94. The van der Waals surface area contributed by atoms with Crippen molar-refractivity contribution in [1.29, 1.82) is 0 Å². The van der Waals surface area contributed by atoms with Crippen molar-refractivity contribution in [3.63, 3.8) is 0 Å². The number of hydrogen-bond acceptors (Lipinski definition) is 4. The number of alkyl halides is 3. The number of nitrogens with zero attached hydrogens (tertiary/aromatic N) is 1. The Morgan fingerprint density at radius 1 is 1.26 bits per heavy atom. The van der Waals surface area contributed by atoms with Gasteiger partial charge < -0.3 is 4.74 Å². The largest absolute Gasteiger partial charge is 0.573 e. The van der Waals surface area contributed by atoms with Gasteiger partial charge in [-0.1, -0.05) is 0 Å². The molecule has 0 unspecified atom stereocenters. The van der Waals surface area contributed by atoms with E-state index in [0.29, 0.717) is 10.6 Å². The Balaban J connectivity index is 2.04. The van der Waals surface area contributed by atoms with Gasteiger partial charge in [-0.25, -0.2) is 4.98 Å². The molecule has 0 radical (unpaired) electrons. The van der Waals surface area contributed by atoms with Gasteiger partial charge in [-0.15, -0.1) is 24.5 Å². The van der Waals surface area contributed by atoms with E-state index in [0.717, 1.165) is 12.1 Å². The predicted molar refractivity (Wildman–Crippen MR) is 63.3 cm³/mol. The molecular weight excluding hydrogens is 279 g/mol. The van der Waals surface area contributed by atoms with Crippen LogP contribution in [0.5, 0.6) is 5.75 Å². The van der Waals surface area contributed by atoms with Crippen molar-refractivity contribution in [2.24, 2.45) is 0 Å². The molecule has 0 atom stereocenters. The number of thiazole rings is 1. The monoisotopic (exact) mass is 287 g/mol. The summed E-state index contributed by atoms with van der Waals surface area (Å²) in [4.78, 5) is 15.8. The number of benzene rings is 1. The zero-order valence-corrected chi connectivity index (χ0v) is 10.3. The summed E-state index contributed by atoms with van der Waals surface area (Å²) >= 11 is 1.35. The van der Waals surface area contributed by atoms with Crippen LogP contribution in [0.1, 0.15) is 15.4 Å². The molecule has 0 saturated heterocycles. The quantitative estimate of drug-likeness (QED) is 0.808. The highest BCUT2D eigenvalue weighted by atomic mass is 32.1. The summed E-state index contributed by atoms with van der Waals surface area (Å²) < 4.78 is 39.6. The Labute approximate surface area is 110 Å². The molecule has 100 valence electrons. The summed E-state index contributed by atoms with van der Waals surface area (Å²) in [5.41, 5.74) is 0.324. The van der Waals surface area contributed by atoms with Gasteiger partial charge in [0.15, 0.2) is 5.78 Å². The maximum Gasteiger partial charge on any atom is 0.573 e. The average molecular weight is 287 g/mol. The van der Waals surface area contributed by atoms with Crippen LogP contribution in [0, 0.1) is 0 Å². The SMILES string of the molecule is O=C(Cc1nccs1)c1ccc(OC(F)(F)F)cc1. The van der Waals surface area contributed by atoms with Crippen LogP contribution in [0.15, 0.2) is 35.8 Å². The third-order valence-electron chi connectivity index (χ3n) is 2.21. The van der Waals surface area contributed by atoms with E-state index in [9.17, 15) is 18.0 Å². The molecule has 1 heterocycles. The molecular formula is C12H8F3NO2S. The molecule has 0 spiro atoms. The zero-order chi connectivity index (χ0) is 13.9. The van der Waals surface area contributed by atoms with Gasteiger partial charge >= 0.3 is 6.36 Å². The number of aromatic nitrogens is 1. The first kappa shape index (κ1) is 13.5. The van der Waals surface area contributed by atoms with Gasteiger partial charge in [-0.3, -0.25) is 4.79 Å². The summed E-state index contributed by atoms with van der Waals surface area (Å²) in [7, 11) is 0. The van der Waals surface area contributed by atoms with Crippen LogP contribution in [0.3, 0.4) is 0 Å². The van der Waals surface area contributed by atoms with Crippen LogP contribution in [0.4, 0.5) is 13.2 Å². The Bertz CT molecular complexity index is 549. The Morgan fingerprint density at radius 2 is 1.95 bits per heavy atom. The van der Waals surface area contributed by atoms with Crippen LogP contribution in [-0.4, -0.2) is 17.1 Å². The van der Waals surface area contributed by atoms with E-state index in [-0.39, 0.29) is 18.0 Å². The molecule has 19 heavy (non-hydrogen) atoms. The smallest absolute Gasteiger partial charge is 0.406 e. The number of ether oxygens (including phenoxy) is 1. The molecule has 0 bridgehead atoms. The standard InChI is InChI=1S/C12H8F3NO2S/c13-12(14,15)18-9-3-1-8(2-4-9)10(17)7-11-16-5-6-19-11/h1-6H,7H2. The van der Waals surface area contributed by atoms with Crippen molar-refractivity contribution in [1.82, 2.24) is 4.98 Å². The number of Topliss-reactive ketones (excluding diaryl/α,β-unsaturated/α-hetero) is 1. The second kappa shape index (κ2) is 5.40. The number of ketones is 1.